The Balaban J connectivity index is 1.44. The normalized spacial score (nSPS) is 10.6. The lowest BCUT2D eigenvalue weighted by molar-refractivity contribution is 0.103. The summed E-state index contributed by atoms with van der Waals surface area (Å²) in [6.45, 7) is 0.389. The number of benzene rings is 3. The number of fused-ring (bicyclic) bond motifs is 1. The molecule has 3 aromatic carbocycles. The van der Waals surface area contributed by atoms with E-state index in [4.69, 9.17) is 15.9 Å². The van der Waals surface area contributed by atoms with Crippen LogP contribution < -0.4 is 15.8 Å². The Kier molecular flexibility index (Phi) is 5.27. The number of ether oxygens (including phenoxy) is 1. The van der Waals surface area contributed by atoms with Crippen molar-refractivity contribution in [3.8, 4) is 5.75 Å². The molecule has 144 valence electrons. The van der Waals surface area contributed by atoms with E-state index in [1.165, 1.54) is 11.3 Å². The molecule has 0 fully saturated rings. The van der Waals surface area contributed by atoms with E-state index >= 15 is 0 Å². The quantitative estimate of drug-likeness (QED) is 0.313. The molecule has 0 atom stereocenters. The van der Waals surface area contributed by atoms with Gasteiger partial charge in [-0.25, -0.2) is 0 Å². The van der Waals surface area contributed by atoms with Crippen LogP contribution in [0.25, 0.3) is 10.8 Å². The number of amidine groups is 1. The van der Waals surface area contributed by atoms with Gasteiger partial charge in [0.05, 0.1) is 4.88 Å². The summed E-state index contributed by atoms with van der Waals surface area (Å²) in [4.78, 5) is 12.9. The Morgan fingerprint density at radius 1 is 1.00 bits per heavy atom. The first-order valence-corrected chi connectivity index (χ1v) is 9.91. The summed E-state index contributed by atoms with van der Waals surface area (Å²) in [6, 6.07) is 22.7. The van der Waals surface area contributed by atoms with E-state index in [1.54, 1.807) is 6.07 Å². The number of hydrogen-bond acceptors (Lipinski definition) is 4. The van der Waals surface area contributed by atoms with Gasteiger partial charge in [-0.2, -0.15) is 0 Å². The molecule has 0 saturated heterocycles. The number of thiophene rings is 1. The van der Waals surface area contributed by atoms with Crippen LogP contribution in [0.15, 0.2) is 78.2 Å². The molecule has 29 heavy (non-hydrogen) atoms. The van der Waals surface area contributed by atoms with Crippen molar-refractivity contribution < 1.29 is 9.53 Å². The summed E-state index contributed by atoms with van der Waals surface area (Å²) in [5, 5.41) is 14.4. The van der Waals surface area contributed by atoms with Crippen LogP contribution in [0.5, 0.6) is 5.75 Å². The van der Waals surface area contributed by atoms with E-state index in [2.05, 4.69) is 5.32 Å². The number of nitrogen functional groups attached to an aromatic ring is 1. The zero-order valence-electron chi connectivity index (χ0n) is 15.5. The molecule has 1 aromatic heterocycles. The largest absolute Gasteiger partial charge is 0.489 e. The predicted octanol–water partition coefficient (Wildman–Crippen LogP) is 5.02. The Morgan fingerprint density at radius 3 is 2.62 bits per heavy atom. The molecule has 6 heteroatoms. The standard InChI is InChI=1S/C23H19N3O2S/c24-22(25)18-7-6-17-13-20(9-8-16(17)12-18)28-14-15-3-1-4-19(11-15)26-23(27)21-5-2-10-29-21/h1-13H,14H2,(H3,24,25)(H,26,27). The minimum atomic E-state index is -0.113. The van der Waals surface area contributed by atoms with Crippen LogP contribution in [0, 0.1) is 5.41 Å². The Bertz CT molecular complexity index is 1190. The lowest BCUT2D eigenvalue weighted by Gasteiger charge is -2.10. The fourth-order valence-electron chi connectivity index (χ4n) is 2.99. The number of carbonyl (C=O) groups is 1. The second-order valence-corrected chi connectivity index (χ2v) is 7.51. The van der Waals surface area contributed by atoms with Crippen molar-refractivity contribution in [1.29, 1.82) is 5.41 Å². The van der Waals surface area contributed by atoms with E-state index in [-0.39, 0.29) is 11.7 Å². The number of amides is 1. The van der Waals surface area contributed by atoms with Crippen LogP contribution in [0.3, 0.4) is 0 Å². The minimum absolute atomic E-state index is 0.0540. The molecule has 1 amide bonds. The van der Waals surface area contributed by atoms with Gasteiger partial charge in [-0.1, -0.05) is 36.4 Å². The van der Waals surface area contributed by atoms with Crippen LogP contribution >= 0.6 is 11.3 Å². The topological polar surface area (TPSA) is 88.2 Å². The molecular formula is C23H19N3O2S. The van der Waals surface area contributed by atoms with Gasteiger partial charge in [0.25, 0.3) is 5.91 Å². The van der Waals surface area contributed by atoms with Crippen molar-refractivity contribution in [1.82, 2.24) is 0 Å². The molecule has 4 N–H and O–H groups in total. The number of anilines is 1. The number of nitrogens with one attached hydrogen (secondary N) is 2. The van der Waals surface area contributed by atoms with Crippen molar-refractivity contribution in [2.45, 2.75) is 6.61 Å². The molecule has 0 aliphatic rings. The molecule has 1 heterocycles. The third-order valence-corrected chi connectivity index (χ3v) is 5.33. The maximum Gasteiger partial charge on any atom is 0.265 e. The van der Waals surface area contributed by atoms with Crippen molar-refractivity contribution in [3.05, 3.63) is 94.2 Å². The smallest absolute Gasteiger partial charge is 0.265 e. The van der Waals surface area contributed by atoms with Crippen LogP contribution in [0.4, 0.5) is 5.69 Å². The molecule has 0 saturated carbocycles. The number of carbonyl (C=O) groups excluding carboxylic acids is 1. The van der Waals surface area contributed by atoms with Gasteiger partial charge in [0.2, 0.25) is 0 Å². The van der Waals surface area contributed by atoms with E-state index in [1.807, 2.05) is 72.1 Å². The van der Waals surface area contributed by atoms with Gasteiger partial charge in [-0.3, -0.25) is 10.2 Å². The molecule has 0 spiro atoms. The number of hydrogen-bond donors (Lipinski definition) is 3. The SMILES string of the molecule is N=C(N)c1ccc2cc(OCc3cccc(NC(=O)c4cccs4)c3)ccc2c1. The first-order chi connectivity index (χ1) is 14.1. The minimum Gasteiger partial charge on any atom is -0.489 e. The Labute approximate surface area is 172 Å². The highest BCUT2D eigenvalue weighted by atomic mass is 32.1. The Morgan fingerprint density at radius 2 is 1.83 bits per heavy atom. The highest BCUT2D eigenvalue weighted by Crippen LogP contribution is 2.23. The molecule has 5 nitrogen and oxygen atoms in total. The van der Waals surface area contributed by atoms with Crippen molar-refractivity contribution in [3.63, 3.8) is 0 Å². The number of nitrogens with two attached hydrogens (primary N) is 1. The van der Waals surface area contributed by atoms with Crippen molar-refractivity contribution >= 4 is 39.5 Å². The summed E-state index contributed by atoms with van der Waals surface area (Å²) in [5.41, 5.74) is 7.95. The number of rotatable bonds is 6. The van der Waals surface area contributed by atoms with E-state index < -0.39 is 0 Å². The second-order valence-electron chi connectivity index (χ2n) is 6.56. The van der Waals surface area contributed by atoms with Crippen LogP contribution in [0.1, 0.15) is 20.8 Å². The molecule has 0 aliphatic heterocycles. The molecule has 4 rings (SSSR count). The third kappa shape index (κ3) is 4.44. The van der Waals surface area contributed by atoms with Gasteiger partial charge in [0.1, 0.15) is 18.2 Å². The zero-order chi connectivity index (χ0) is 20.2. The van der Waals surface area contributed by atoms with Gasteiger partial charge in [-0.05, 0) is 58.1 Å². The second kappa shape index (κ2) is 8.16. The van der Waals surface area contributed by atoms with E-state index in [9.17, 15) is 4.79 Å². The summed E-state index contributed by atoms with van der Waals surface area (Å²) in [7, 11) is 0. The average molecular weight is 401 g/mol. The maximum absolute atomic E-state index is 12.2. The highest BCUT2D eigenvalue weighted by molar-refractivity contribution is 7.12. The van der Waals surface area contributed by atoms with Crippen LogP contribution in [-0.2, 0) is 6.61 Å². The van der Waals surface area contributed by atoms with Crippen molar-refractivity contribution in [2.24, 2.45) is 5.73 Å². The average Bonchev–Trinajstić information content (AvgIpc) is 3.27. The molecule has 4 aromatic rings. The highest BCUT2D eigenvalue weighted by Gasteiger charge is 2.07. The lowest BCUT2D eigenvalue weighted by Crippen LogP contribution is -2.10. The monoisotopic (exact) mass is 401 g/mol. The first kappa shape index (κ1) is 18.7. The van der Waals surface area contributed by atoms with Gasteiger partial charge < -0.3 is 15.8 Å². The third-order valence-electron chi connectivity index (χ3n) is 4.46. The van der Waals surface area contributed by atoms with Crippen LogP contribution in [0.2, 0.25) is 0 Å². The van der Waals surface area contributed by atoms with Crippen LogP contribution in [-0.4, -0.2) is 11.7 Å². The first-order valence-electron chi connectivity index (χ1n) is 9.03. The van der Waals surface area contributed by atoms with E-state index in [0.29, 0.717) is 17.0 Å². The summed E-state index contributed by atoms with van der Waals surface area (Å²) in [5.74, 6) is 0.692. The molecule has 0 unspecified atom stereocenters. The molecule has 0 radical (unpaired) electrons. The van der Waals surface area contributed by atoms with Gasteiger partial charge in [0, 0.05) is 11.3 Å². The predicted molar refractivity (Wildman–Crippen MR) is 118 cm³/mol. The summed E-state index contributed by atoms with van der Waals surface area (Å²) >= 11 is 1.41. The molecule has 0 aliphatic carbocycles. The van der Waals surface area contributed by atoms with Gasteiger partial charge in [0.15, 0.2) is 0 Å². The zero-order valence-corrected chi connectivity index (χ0v) is 16.3. The summed E-state index contributed by atoms with van der Waals surface area (Å²) in [6.07, 6.45) is 0. The summed E-state index contributed by atoms with van der Waals surface area (Å²) < 4.78 is 5.93. The van der Waals surface area contributed by atoms with E-state index in [0.717, 1.165) is 27.8 Å². The van der Waals surface area contributed by atoms with Crippen molar-refractivity contribution in [2.75, 3.05) is 5.32 Å². The maximum atomic E-state index is 12.2. The van der Waals surface area contributed by atoms with Gasteiger partial charge in [-0.15, -0.1) is 11.3 Å². The molecular weight excluding hydrogens is 382 g/mol. The molecule has 0 bridgehead atoms. The Hall–Kier alpha value is -3.64. The fraction of sp³-hybridized carbons (Fsp3) is 0.0435. The fourth-order valence-corrected chi connectivity index (χ4v) is 3.61. The lowest BCUT2D eigenvalue weighted by atomic mass is 10.1. The van der Waals surface area contributed by atoms with Gasteiger partial charge >= 0.3 is 0 Å².